The molecular weight excluding hydrogens is 280 g/mol. The first kappa shape index (κ1) is 16.5. The molecule has 0 spiro atoms. The van der Waals surface area contributed by atoms with E-state index in [0.717, 1.165) is 4.88 Å². The number of urea groups is 1. The van der Waals surface area contributed by atoms with E-state index < -0.39 is 12.1 Å². The molecule has 0 radical (unpaired) electrons. The zero-order chi connectivity index (χ0) is 15.0. The Hall–Kier alpha value is -1.60. The summed E-state index contributed by atoms with van der Waals surface area (Å²) in [4.78, 5) is 25.4. The predicted octanol–water partition coefficient (Wildman–Crippen LogP) is 1.77. The van der Waals surface area contributed by atoms with Crippen molar-refractivity contribution in [3.05, 3.63) is 22.4 Å². The van der Waals surface area contributed by atoms with Crippen molar-refractivity contribution in [2.24, 2.45) is 0 Å². The average Bonchev–Trinajstić information content (AvgIpc) is 2.92. The maximum atomic E-state index is 12.0. The Morgan fingerprint density at radius 3 is 2.80 bits per heavy atom. The van der Waals surface area contributed by atoms with Crippen molar-refractivity contribution in [1.29, 1.82) is 0 Å². The summed E-state index contributed by atoms with van der Waals surface area (Å²) in [5, 5.41) is 13.4. The van der Waals surface area contributed by atoms with Gasteiger partial charge in [-0.1, -0.05) is 6.07 Å². The summed E-state index contributed by atoms with van der Waals surface area (Å²) in [5.41, 5.74) is 0. The van der Waals surface area contributed by atoms with Gasteiger partial charge in [-0.25, -0.2) is 4.79 Å². The maximum Gasteiger partial charge on any atom is 0.317 e. The molecule has 112 valence electrons. The summed E-state index contributed by atoms with van der Waals surface area (Å²) in [7, 11) is 1.43. The zero-order valence-electron chi connectivity index (χ0n) is 11.7. The molecule has 1 rings (SSSR count). The molecule has 0 saturated heterocycles. The highest BCUT2D eigenvalue weighted by Gasteiger charge is 2.16. The molecule has 1 aromatic heterocycles. The van der Waals surface area contributed by atoms with Crippen LogP contribution in [0.4, 0.5) is 4.79 Å². The van der Waals surface area contributed by atoms with E-state index in [4.69, 9.17) is 9.84 Å². The number of nitrogens with zero attached hydrogens (tertiary/aromatic N) is 1. The fraction of sp³-hybridized carbons (Fsp3) is 0.538. The Labute approximate surface area is 122 Å². The molecule has 0 fully saturated rings. The Bertz CT molecular complexity index is 422. The number of carboxylic acids is 1. The van der Waals surface area contributed by atoms with E-state index >= 15 is 0 Å². The van der Waals surface area contributed by atoms with E-state index in [1.807, 2.05) is 24.4 Å². The topological polar surface area (TPSA) is 78.9 Å². The summed E-state index contributed by atoms with van der Waals surface area (Å²) in [6.07, 6.45) is -0.648. The van der Waals surface area contributed by atoms with Gasteiger partial charge in [0.1, 0.15) is 0 Å². The molecule has 0 aliphatic carbocycles. The van der Waals surface area contributed by atoms with Crippen molar-refractivity contribution in [1.82, 2.24) is 10.2 Å². The van der Waals surface area contributed by atoms with Crippen molar-refractivity contribution in [2.75, 3.05) is 20.2 Å². The van der Waals surface area contributed by atoms with Crippen LogP contribution in [0.1, 0.15) is 18.2 Å². The number of aliphatic carboxylic acids is 1. The van der Waals surface area contributed by atoms with Crippen LogP contribution in [0.25, 0.3) is 0 Å². The van der Waals surface area contributed by atoms with Gasteiger partial charge < -0.3 is 20.1 Å². The second kappa shape index (κ2) is 8.55. The molecule has 0 bridgehead atoms. The van der Waals surface area contributed by atoms with Crippen LogP contribution in [0.5, 0.6) is 0 Å². The third-order valence-electron chi connectivity index (χ3n) is 2.81. The number of hydrogen-bond acceptors (Lipinski definition) is 4. The van der Waals surface area contributed by atoms with Crippen LogP contribution in [0.3, 0.4) is 0 Å². The SMILES string of the molecule is CCN(Cc1cccs1)C(=O)NCC(CC(=O)O)OC. The molecular formula is C13H20N2O4S. The molecule has 7 heteroatoms. The monoisotopic (exact) mass is 300 g/mol. The molecule has 0 aliphatic heterocycles. The Balaban J connectivity index is 2.44. The maximum absolute atomic E-state index is 12.0. The lowest BCUT2D eigenvalue weighted by Crippen LogP contribution is -2.43. The third-order valence-corrected chi connectivity index (χ3v) is 3.67. The van der Waals surface area contributed by atoms with Gasteiger partial charge in [0.2, 0.25) is 0 Å². The van der Waals surface area contributed by atoms with Crippen LogP contribution in [-0.4, -0.2) is 48.3 Å². The minimum atomic E-state index is -0.947. The molecule has 20 heavy (non-hydrogen) atoms. The van der Waals surface area contributed by atoms with Gasteiger partial charge in [-0.05, 0) is 18.4 Å². The molecule has 1 atom stereocenters. The van der Waals surface area contributed by atoms with Gasteiger partial charge in [0.15, 0.2) is 0 Å². The van der Waals surface area contributed by atoms with E-state index in [2.05, 4.69) is 5.32 Å². The Morgan fingerprint density at radius 2 is 2.30 bits per heavy atom. The summed E-state index contributed by atoms with van der Waals surface area (Å²) in [6.45, 7) is 3.22. The van der Waals surface area contributed by atoms with Crippen LogP contribution in [0, 0.1) is 0 Å². The lowest BCUT2D eigenvalue weighted by atomic mass is 10.2. The highest BCUT2D eigenvalue weighted by molar-refractivity contribution is 7.09. The number of methoxy groups -OCH3 is 1. The highest BCUT2D eigenvalue weighted by Crippen LogP contribution is 2.11. The van der Waals surface area contributed by atoms with Gasteiger partial charge in [0.05, 0.1) is 19.1 Å². The standard InChI is InChI=1S/C13H20N2O4S/c1-3-15(9-11-5-4-6-20-11)13(18)14-8-10(19-2)7-12(16)17/h4-6,10H,3,7-9H2,1-2H3,(H,14,18)(H,16,17). The number of ether oxygens (including phenoxy) is 1. The average molecular weight is 300 g/mol. The summed E-state index contributed by atoms with van der Waals surface area (Å²) < 4.78 is 5.02. The second-order valence-electron chi connectivity index (χ2n) is 4.24. The zero-order valence-corrected chi connectivity index (χ0v) is 12.5. The highest BCUT2D eigenvalue weighted by atomic mass is 32.1. The van der Waals surface area contributed by atoms with Crippen LogP contribution in [0.15, 0.2) is 17.5 Å². The second-order valence-corrected chi connectivity index (χ2v) is 5.27. The first-order chi connectivity index (χ1) is 9.56. The number of thiophene rings is 1. The molecule has 0 saturated carbocycles. The molecule has 2 N–H and O–H groups in total. The molecule has 0 aromatic carbocycles. The minimum Gasteiger partial charge on any atom is -0.481 e. The Morgan fingerprint density at radius 1 is 1.55 bits per heavy atom. The van der Waals surface area contributed by atoms with Crippen molar-refractivity contribution in [2.45, 2.75) is 26.0 Å². The van der Waals surface area contributed by atoms with Crippen molar-refractivity contribution in [3.8, 4) is 0 Å². The first-order valence-electron chi connectivity index (χ1n) is 6.36. The fourth-order valence-electron chi connectivity index (χ4n) is 1.66. The smallest absolute Gasteiger partial charge is 0.317 e. The number of carbonyl (C=O) groups is 2. The molecule has 1 unspecified atom stereocenters. The number of rotatable bonds is 8. The van der Waals surface area contributed by atoms with Gasteiger partial charge in [-0.15, -0.1) is 11.3 Å². The number of nitrogens with one attached hydrogen (secondary N) is 1. The lowest BCUT2D eigenvalue weighted by molar-refractivity contribution is -0.139. The van der Waals surface area contributed by atoms with Crippen molar-refractivity contribution < 1.29 is 19.4 Å². The number of hydrogen-bond donors (Lipinski definition) is 2. The van der Waals surface area contributed by atoms with Crippen molar-refractivity contribution in [3.63, 3.8) is 0 Å². The minimum absolute atomic E-state index is 0.131. The molecule has 0 aliphatic rings. The quantitative estimate of drug-likeness (QED) is 0.767. The van der Waals surface area contributed by atoms with Crippen molar-refractivity contribution >= 4 is 23.3 Å². The van der Waals surface area contributed by atoms with Crippen LogP contribution >= 0.6 is 11.3 Å². The first-order valence-corrected chi connectivity index (χ1v) is 7.24. The van der Waals surface area contributed by atoms with E-state index in [0.29, 0.717) is 13.1 Å². The van der Waals surface area contributed by atoms with E-state index in [-0.39, 0.29) is 19.0 Å². The van der Waals surface area contributed by atoms with Crippen LogP contribution in [0.2, 0.25) is 0 Å². The van der Waals surface area contributed by atoms with Gasteiger partial charge in [-0.3, -0.25) is 4.79 Å². The number of amides is 2. The largest absolute Gasteiger partial charge is 0.481 e. The van der Waals surface area contributed by atoms with Gasteiger partial charge in [0, 0.05) is 25.1 Å². The van der Waals surface area contributed by atoms with Gasteiger partial charge in [0.25, 0.3) is 0 Å². The number of carboxylic acid groups (broad SMARTS) is 1. The fourth-order valence-corrected chi connectivity index (χ4v) is 2.38. The summed E-state index contributed by atoms with van der Waals surface area (Å²) in [6, 6.07) is 3.70. The lowest BCUT2D eigenvalue weighted by Gasteiger charge is -2.22. The molecule has 1 heterocycles. The van der Waals surface area contributed by atoms with E-state index in [1.54, 1.807) is 16.2 Å². The summed E-state index contributed by atoms with van der Waals surface area (Å²) in [5.74, 6) is -0.947. The number of carbonyl (C=O) groups excluding carboxylic acids is 1. The van der Waals surface area contributed by atoms with Gasteiger partial charge >= 0.3 is 12.0 Å². The Kier molecular flexibility index (Phi) is 7.03. The third kappa shape index (κ3) is 5.58. The van der Waals surface area contributed by atoms with Crippen LogP contribution < -0.4 is 5.32 Å². The molecule has 2 amide bonds. The van der Waals surface area contributed by atoms with E-state index in [9.17, 15) is 9.59 Å². The molecule has 1 aromatic rings. The van der Waals surface area contributed by atoms with E-state index in [1.165, 1.54) is 7.11 Å². The van der Waals surface area contributed by atoms with Crippen LogP contribution in [-0.2, 0) is 16.1 Å². The predicted molar refractivity (Wildman–Crippen MR) is 76.9 cm³/mol. The molecule has 6 nitrogen and oxygen atoms in total. The van der Waals surface area contributed by atoms with Gasteiger partial charge in [-0.2, -0.15) is 0 Å². The normalized spacial score (nSPS) is 11.9. The summed E-state index contributed by atoms with van der Waals surface area (Å²) >= 11 is 1.60.